The third-order valence-electron chi connectivity index (χ3n) is 3.22. The first-order valence-corrected chi connectivity index (χ1v) is 7.01. The molecule has 19 heavy (non-hydrogen) atoms. The highest BCUT2D eigenvalue weighted by molar-refractivity contribution is 14.1. The zero-order valence-corrected chi connectivity index (χ0v) is 12.7. The number of pyridine rings is 1. The van der Waals surface area contributed by atoms with Crippen LogP contribution < -0.4 is 0 Å². The van der Waals surface area contributed by atoms with Crippen LogP contribution in [-0.2, 0) is 5.41 Å². The van der Waals surface area contributed by atoms with Crippen molar-refractivity contribution in [2.75, 3.05) is 0 Å². The number of allylic oxidation sites excluding steroid dienone is 2. The van der Waals surface area contributed by atoms with Gasteiger partial charge in [0.25, 0.3) is 0 Å². The van der Waals surface area contributed by atoms with Crippen LogP contribution in [0.15, 0.2) is 49.8 Å². The monoisotopic (exact) mass is 363 g/mol. The average Bonchev–Trinajstić information content (AvgIpc) is 2.79. The minimum absolute atomic E-state index is 0.595. The molecule has 0 saturated carbocycles. The lowest BCUT2D eigenvalue weighted by molar-refractivity contribution is 0.565. The van der Waals surface area contributed by atoms with Gasteiger partial charge in [0.1, 0.15) is 9.35 Å². The maximum Gasteiger partial charge on any atom is 0.137 e. The fraction of sp³-hybridized carbons (Fsp3) is 0.200. The van der Waals surface area contributed by atoms with Crippen LogP contribution in [0.5, 0.6) is 0 Å². The molecule has 0 N–H and O–H groups in total. The summed E-state index contributed by atoms with van der Waals surface area (Å²) in [6, 6.07) is 6.37. The minimum atomic E-state index is -0.595. The second-order valence-electron chi connectivity index (χ2n) is 4.40. The van der Waals surface area contributed by atoms with E-state index in [0.29, 0.717) is 12.8 Å². The van der Waals surface area contributed by atoms with Gasteiger partial charge in [0, 0.05) is 6.20 Å². The van der Waals surface area contributed by atoms with Gasteiger partial charge in [-0.05, 0) is 53.1 Å². The molecule has 0 spiro atoms. The molecule has 0 atom stereocenters. The summed E-state index contributed by atoms with van der Waals surface area (Å²) in [6.07, 6.45) is 8.54. The van der Waals surface area contributed by atoms with Crippen LogP contribution in [0.4, 0.5) is 0 Å². The first-order valence-electron chi connectivity index (χ1n) is 5.93. The Morgan fingerprint density at radius 1 is 1.42 bits per heavy atom. The van der Waals surface area contributed by atoms with Crippen LogP contribution >= 0.6 is 22.6 Å². The van der Waals surface area contributed by atoms with E-state index in [9.17, 15) is 5.26 Å². The number of aromatic nitrogens is 2. The maximum absolute atomic E-state index is 9.60. The topological polar surface area (TPSA) is 41.1 Å². The average molecular weight is 363 g/mol. The Morgan fingerprint density at radius 3 is 2.68 bits per heavy atom. The molecular weight excluding hydrogens is 349 g/mol. The quantitative estimate of drug-likeness (QED) is 0.598. The molecule has 0 aromatic carbocycles. The van der Waals surface area contributed by atoms with Crippen molar-refractivity contribution in [3.8, 4) is 6.07 Å². The second kappa shape index (κ2) is 5.57. The summed E-state index contributed by atoms with van der Waals surface area (Å²) in [5.74, 6) is 0. The Bertz CT molecular complexity index is 654. The molecule has 0 aliphatic heterocycles. The Balaban J connectivity index is 2.58. The summed E-state index contributed by atoms with van der Waals surface area (Å²) < 4.78 is 3.04. The Hall–Kier alpha value is -1.61. The summed E-state index contributed by atoms with van der Waals surface area (Å²) >= 11 is 2.23. The van der Waals surface area contributed by atoms with Gasteiger partial charge in [-0.25, -0.2) is 4.98 Å². The predicted molar refractivity (Wildman–Crippen MR) is 84.8 cm³/mol. The van der Waals surface area contributed by atoms with Crippen LogP contribution in [0, 0.1) is 15.0 Å². The van der Waals surface area contributed by atoms with Crippen molar-refractivity contribution >= 4 is 28.2 Å². The van der Waals surface area contributed by atoms with Crippen LogP contribution in [0.25, 0.3) is 5.65 Å². The highest BCUT2D eigenvalue weighted by Crippen LogP contribution is 2.32. The zero-order chi connectivity index (χ0) is 13.9. The van der Waals surface area contributed by atoms with Gasteiger partial charge in [-0.3, -0.25) is 4.40 Å². The fourth-order valence-corrected chi connectivity index (χ4v) is 2.76. The SMILES string of the molecule is C=CCC(C#N)(CC=C)c1ccn2c(I)cnc2c1. The van der Waals surface area contributed by atoms with E-state index in [1.807, 2.05) is 28.9 Å². The molecule has 4 heteroatoms. The van der Waals surface area contributed by atoms with E-state index in [0.717, 1.165) is 14.9 Å². The molecule has 0 fully saturated rings. The van der Waals surface area contributed by atoms with Crippen LogP contribution in [-0.4, -0.2) is 9.38 Å². The maximum atomic E-state index is 9.60. The van der Waals surface area contributed by atoms with Crippen LogP contribution in [0.2, 0.25) is 0 Å². The lowest BCUT2D eigenvalue weighted by atomic mass is 9.76. The van der Waals surface area contributed by atoms with E-state index in [2.05, 4.69) is 46.8 Å². The van der Waals surface area contributed by atoms with E-state index >= 15 is 0 Å². The molecule has 0 bridgehead atoms. The van der Waals surface area contributed by atoms with E-state index < -0.39 is 5.41 Å². The highest BCUT2D eigenvalue weighted by atomic mass is 127. The number of halogens is 1. The summed E-state index contributed by atoms with van der Waals surface area (Å²) in [4.78, 5) is 4.34. The molecule has 0 amide bonds. The molecule has 2 rings (SSSR count). The number of fused-ring (bicyclic) bond motifs is 1. The molecule has 0 aliphatic rings. The van der Waals surface area contributed by atoms with Crippen LogP contribution in [0.1, 0.15) is 18.4 Å². The normalized spacial score (nSPS) is 11.2. The first kappa shape index (κ1) is 13.8. The molecule has 96 valence electrons. The molecule has 0 saturated heterocycles. The molecular formula is C15H14IN3. The number of rotatable bonds is 5. The Morgan fingerprint density at radius 2 is 2.11 bits per heavy atom. The minimum Gasteiger partial charge on any atom is -0.295 e. The summed E-state index contributed by atoms with van der Waals surface area (Å²) in [5.41, 5.74) is 1.22. The molecule has 2 aromatic rings. The fourth-order valence-electron chi connectivity index (χ4n) is 2.21. The van der Waals surface area contributed by atoms with Gasteiger partial charge in [-0.15, -0.1) is 13.2 Å². The third-order valence-corrected chi connectivity index (χ3v) is 4.02. The van der Waals surface area contributed by atoms with Crippen molar-refractivity contribution in [3.63, 3.8) is 0 Å². The number of hydrogen-bond donors (Lipinski definition) is 0. The van der Waals surface area contributed by atoms with Gasteiger partial charge in [0.05, 0.1) is 17.7 Å². The van der Waals surface area contributed by atoms with E-state index in [-0.39, 0.29) is 0 Å². The van der Waals surface area contributed by atoms with E-state index in [4.69, 9.17) is 0 Å². The van der Waals surface area contributed by atoms with Gasteiger partial charge in [-0.1, -0.05) is 12.2 Å². The van der Waals surface area contributed by atoms with E-state index in [1.165, 1.54) is 0 Å². The van der Waals surface area contributed by atoms with Gasteiger partial charge < -0.3 is 0 Å². The summed E-state index contributed by atoms with van der Waals surface area (Å²) in [5, 5.41) is 9.60. The van der Waals surface area contributed by atoms with E-state index in [1.54, 1.807) is 12.2 Å². The molecule has 0 radical (unpaired) electrons. The number of nitriles is 1. The Kier molecular flexibility index (Phi) is 4.05. The van der Waals surface area contributed by atoms with Crippen molar-refractivity contribution in [1.29, 1.82) is 5.26 Å². The molecule has 2 heterocycles. The largest absolute Gasteiger partial charge is 0.295 e. The number of nitrogens with zero attached hydrogens (tertiary/aromatic N) is 3. The second-order valence-corrected chi connectivity index (χ2v) is 5.51. The van der Waals surface area contributed by atoms with Crippen molar-refractivity contribution in [1.82, 2.24) is 9.38 Å². The standard InChI is InChI=1S/C15H14IN3/c1-3-6-15(11-17,7-4-2)12-5-8-19-13(16)10-18-14(19)9-12/h3-5,8-10H,1-2,6-7H2. The molecule has 3 nitrogen and oxygen atoms in total. The highest BCUT2D eigenvalue weighted by Gasteiger charge is 2.30. The lowest BCUT2D eigenvalue weighted by Crippen LogP contribution is -2.22. The number of imidazole rings is 1. The first-order chi connectivity index (χ1) is 9.16. The smallest absolute Gasteiger partial charge is 0.137 e. The Labute approximate surface area is 126 Å². The molecule has 0 aliphatic carbocycles. The summed E-state index contributed by atoms with van der Waals surface area (Å²) in [7, 11) is 0. The summed E-state index contributed by atoms with van der Waals surface area (Å²) in [6.45, 7) is 7.52. The third kappa shape index (κ3) is 2.43. The van der Waals surface area contributed by atoms with Crippen molar-refractivity contribution < 1.29 is 0 Å². The van der Waals surface area contributed by atoms with Gasteiger partial charge in [-0.2, -0.15) is 5.26 Å². The number of hydrogen-bond acceptors (Lipinski definition) is 2. The van der Waals surface area contributed by atoms with Crippen LogP contribution in [0.3, 0.4) is 0 Å². The lowest BCUT2D eigenvalue weighted by Gasteiger charge is -2.24. The van der Waals surface area contributed by atoms with Crippen molar-refractivity contribution in [2.24, 2.45) is 0 Å². The predicted octanol–water partition coefficient (Wildman–Crippen LogP) is 3.85. The van der Waals surface area contributed by atoms with Crippen molar-refractivity contribution in [2.45, 2.75) is 18.3 Å². The van der Waals surface area contributed by atoms with Crippen molar-refractivity contribution in [3.05, 3.63) is 59.1 Å². The molecule has 0 unspecified atom stereocenters. The van der Waals surface area contributed by atoms with Gasteiger partial charge in [0.2, 0.25) is 0 Å². The molecule has 2 aromatic heterocycles. The van der Waals surface area contributed by atoms with Gasteiger partial charge in [0.15, 0.2) is 0 Å². The zero-order valence-electron chi connectivity index (χ0n) is 10.5. The van der Waals surface area contributed by atoms with Gasteiger partial charge >= 0.3 is 0 Å².